The van der Waals surface area contributed by atoms with E-state index in [2.05, 4.69) is 20.8 Å². The number of carbonyl (C=O) groups is 1. The minimum Gasteiger partial charge on any atom is -0.462 e. The lowest BCUT2D eigenvalue weighted by atomic mass is 9.93. The molecule has 0 aliphatic heterocycles. The molecule has 0 aliphatic rings. The summed E-state index contributed by atoms with van der Waals surface area (Å²) in [5.41, 5.74) is 0. The Morgan fingerprint density at radius 3 is 2.17 bits per heavy atom. The number of ether oxygens (including phenoxy) is 1. The summed E-state index contributed by atoms with van der Waals surface area (Å²) in [6.45, 7) is 10.6. The minimum atomic E-state index is -0.0781. The number of unbranched alkanes of at least 4 members (excludes halogenated alkanes) is 1. The van der Waals surface area contributed by atoms with E-state index in [-0.39, 0.29) is 12.1 Å². The van der Waals surface area contributed by atoms with Crippen LogP contribution >= 0.6 is 0 Å². The van der Waals surface area contributed by atoms with E-state index in [0.717, 1.165) is 12.3 Å². The highest BCUT2D eigenvalue weighted by atomic mass is 16.5. The van der Waals surface area contributed by atoms with Gasteiger partial charge in [-0.15, -0.1) is 0 Å². The van der Waals surface area contributed by atoms with Crippen LogP contribution in [0.4, 0.5) is 0 Å². The summed E-state index contributed by atoms with van der Waals surface area (Å²) < 4.78 is 5.34. The Labute approximate surface area is 113 Å². The van der Waals surface area contributed by atoms with Crippen molar-refractivity contribution in [3.05, 3.63) is 0 Å². The van der Waals surface area contributed by atoms with Crippen molar-refractivity contribution in [2.24, 2.45) is 11.8 Å². The Balaban J connectivity index is 3.68. The van der Waals surface area contributed by atoms with E-state index in [9.17, 15) is 4.79 Å². The second-order valence-electron chi connectivity index (χ2n) is 5.70. The summed E-state index contributed by atoms with van der Waals surface area (Å²) in [5, 5.41) is 0. The number of hydrogen-bond donors (Lipinski definition) is 0. The van der Waals surface area contributed by atoms with E-state index in [0.29, 0.717) is 12.3 Å². The van der Waals surface area contributed by atoms with Gasteiger partial charge in [-0.25, -0.2) is 0 Å². The second kappa shape index (κ2) is 10.4. The third-order valence-electron chi connectivity index (χ3n) is 3.81. The maximum Gasteiger partial charge on any atom is 0.305 e. The lowest BCUT2D eigenvalue weighted by molar-refractivity contribution is -0.150. The first kappa shape index (κ1) is 17.5. The van der Waals surface area contributed by atoms with Gasteiger partial charge in [0.15, 0.2) is 0 Å². The van der Waals surface area contributed by atoms with Crippen molar-refractivity contribution >= 4 is 5.97 Å². The van der Waals surface area contributed by atoms with Gasteiger partial charge in [0.05, 0.1) is 0 Å². The molecule has 0 aromatic heterocycles. The van der Waals surface area contributed by atoms with Crippen LogP contribution < -0.4 is 0 Å². The fourth-order valence-corrected chi connectivity index (χ4v) is 2.13. The van der Waals surface area contributed by atoms with Gasteiger partial charge in [0, 0.05) is 6.42 Å². The molecule has 0 amide bonds. The van der Waals surface area contributed by atoms with Crippen molar-refractivity contribution in [3.8, 4) is 0 Å². The van der Waals surface area contributed by atoms with E-state index in [1.54, 1.807) is 0 Å². The third kappa shape index (κ3) is 8.54. The molecular formula is C16H32O2. The zero-order valence-corrected chi connectivity index (χ0v) is 13.0. The van der Waals surface area contributed by atoms with Crippen LogP contribution in [0.25, 0.3) is 0 Å². The molecule has 1 unspecified atom stereocenters. The molecule has 0 radical (unpaired) electrons. The Morgan fingerprint density at radius 1 is 1.00 bits per heavy atom. The lowest BCUT2D eigenvalue weighted by Crippen LogP contribution is -2.21. The van der Waals surface area contributed by atoms with Gasteiger partial charge in [-0.1, -0.05) is 59.8 Å². The van der Waals surface area contributed by atoms with Gasteiger partial charge in [-0.05, 0) is 25.2 Å². The zero-order valence-electron chi connectivity index (χ0n) is 13.0. The van der Waals surface area contributed by atoms with Crippen LogP contribution in [0.2, 0.25) is 0 Å². The van der Waals surface area contributed by atoms with Gasteiger partial charge in [0.2, 0.25) is 0 Å². The molecular weight excluding hydrogens is 224 g/mol. The van der Waals surface area contributed by atoms with Crippen LogP contribution in [0.3, 0.4) is 0 Å². The highest BCUT2D eigenvalue weighted by molar-refractivity contribution is 5.69. The van der Waals surface area contributed by atoms with Crippen LogP contribution in [0.15, 0.2) is 0 Å². The second-order valence-corrected chi connectivity index (χ2v) is 5.70. The number of hydrogen-bond acceptors (Lipinski definition) is 2. The first-order valence-electron chi connectivity index (χ1n) is 7.70. The SMILES string of the molecule is CCCCC(C)CCC[C@@H](C)[C@H](C)OC(=O)CC. The summed E-state index contributed by atoms with van der Waals surface area (Å²) >= 11 is 0. The molecule has 0 saturated carbocycles. The predicted molar refractivity (Wildman–Crippen MR) is 77.5 cm³/mol. The molecule has 3 atom stereocenters. The Morgan fingerprint density at radius 2 is 1.61 bits per heavy atom. The van der Waals surface area contributed by atoms with Crippen molar-refractivity contribution in [3.63, 3.8) is 0 Å². The molecule has 0 N–H and O–H groups in total. The minimum absolute atomic E-state index is 0.0587. The molecule has 18 heavy (non-hydrogen) atoms. The largest absolute Gasteiger partial charge is 0.462 e. The van der Waals surface area contributed by atoms with E-state index in [4.69, 9.17) is 4.74 Å². The van der Waals surface area contributed by atoms with Crippen molar-refractivity contribution < 1.29 is 9.53 Å². The van der Waals surface area contributed by atoms with Crippen LogP contribution in [0, 0.1) is 11.8 Å². The fraction of sp³-hybridized carbons (Fsp3) is 0.938. The molecule has 2 heteroatoms. The van der Waals surface area contributed by atoms with Gasteiger partial charge in [0.25, 0.3) is 0 Å². The predicted octanol–water partition coefficient (Wildman–Crippen LogP) is 4.96. The van der Waals surface area contributed by atoms with Gasteiger partial charge in [0.1, 0.15) is 6.10 Å². The molecule has 0 rings (SSSR count). The third-order valence-corrected chi connectivity index (χ3v) is 3.81. The van der Waals surface area contributed by atoms with Crippen molar-refractivity contribution in [1.29, 1.82) is 0 Å². The smallest absolute Gasteiger partial charge is 0.305 e. The summed E-state index contributed by atoms with van der Waals surface area (Å²) in [6, 6.07) is 0. The summed E-state index contributed by atoms with van der Waals surface area (Å²) in [6.07, 6.45) is 8.25. The van der Waals surface area contributed by atoms with E-state index >= 15 is 0 Å². The van der Waals surface area contributed by atoms with Gasteiger partial charge >= 0.3 is 5.97 Å². The van der Waals surface area contributed by atoms with Crippen molar-refractivity contribution in [1.82, 2.24) is 0 Å². The summed E-state index contributed by atoms with van der Waals surface area (Å²) in [7, 11) is 0. The summed E-state index contributed by atoms with van der Waals surface area (Å²) in [5.74, 6) is 1.23. The molecule has 0 spiro atoms. The van der Waals surface area contributed by atoms with Crippen LogP contribution in [0.5, 0.6) is 0 Å². The van der Waals surface area contributed by atoms with Crippen LogP contribution in [0.1, 0.15) is 79.6 Å². The molecule has 2 nitrogen and oxygen atoms in total. The average molecular weight is 256 g/mol. The molecule has 0 saturated heterocycles. The molecule has 0 bridgehead atoms. The normalized spacial score (nSPS) is 16.1. The lowest BCUT2D eigenvalue weighted by Gasteiger charge is -2.21. The van der Waals surface area contributed by atoms with Crippen molar-refractivity contribution in [2.75, 3.05) is 0 Å². The monoisotopic (exact) mass is 256 g/mol. The number of rotatable bonds is 10. The molecule has 0 aliphatic carbocycles. The first-order valence-corrected chi connectivity index (χ1v) is 7.70. The highest BCUT2D eigenvalue weighted by Crippen LogP contribution is 2.20. The standard InChI is InChI=1S/C16H32O2/c1-6-8-10-13(3)11-9-12-14(4)15(5)18-16(17)7-2/h13-15H,6-12H2,1-5H3/t13?,14-,15+/m1/s1. The highest BCUT2D eigenvalue weighted by Gasteiger charge is 2.15. The Bertz CT molecular complexity index is 213. The molecule has 0 aromatic rings. The first-order chi connectivity index (χ1) is 8.51. The van der Waals surface area contributed by atoms with Gasteiger partial charge in [-0.2, -0.15) is 0 Å². The molecule has 0 fully saturated rings. The van der Waals surface area contributed by atoms with E-state index in [1.165, 1.54) is 32.1 Å². The maximum atomic E-state index is 11.2. The molecule has 108 valence electrons. The zero-order chi connectivity index (χ0) is 14.0. The number of carbonyl (C=O) groups excluding carboxylic acids is 1. The fourth-order valence-electron chi connectivity index (χ4n) is 2.13. The van der Waals surface area contributed by atoms with Gasteiger partial charge in [-0.3, -0.25) is 4.79 Å². The Kier molecular flexibility index (Phi) is 10.1. The van der Waals surface area contributed by atoms with Crippen molar-refractivity contribution in [2.45, 2.75) is 85.7 Å². The van der Waals surface area contributed by atoms with Crippen LogP contribution in [-0.2, 0) is 9.53 Å². The van der Waals surface area contributed by atoms with Gasteiger partial charge < -0.3 is 4.74 Å². The quantitative estimate of drug-likeness (QED) is 0.516. The van der Waals surface area contributed by atoms with Crippen LogP contribution in [-0.4, -0.2) is 12.1 Å². The maximum absolute atomic E-state index is 11.2. The average Bonchev–Trinajstić information content (AvgIpc) is 2.35. The van der Waals surface area contributed by atoms with E-state index in [1.807, 2.05) is 13.8 Å². The number of esters is 1. The molecule has 0 aromatic carbocycles. The Hall–Kier alpha value is -0.530. The summed E-state index contributed by atoms with van der Waals surface area (Å²) in [4.78, 5) is 11.2. The molecule has 0 heterocycles. The topological polar surface area (TPSA) is 26.3 Å². The van der Waals surface area contributed by atoms with E-state index < -0.39 is 0 Å².